The second-order valence-electron chi connectivity index (χ2n) is 33.9. The summed E-state index contributed by atoms with van der Waals surface area (Å²) in [6, 6.07) is 174. The van der Waals surface area contributed by atoms with Crippen LogP contribution >= 0.6 is 0 Å². The van der Waals surface area contributed by atoms with Gasteiger partial charge in [0, 0.05) is 81.5 Å². The Balaban J connectivity index is 0.571. The average molecular weight is 1760 g/mol. The van der Waals surface area contributed by atoms with Crippen molar-refractivity contribution in [1.29, 1.82) is 0 Å². The van der Waals surface area contributed by atoms with Crippen LogP contribution in [0.15, 0.2) is 498 Å². The van der Waals surface area contributed by atoms with Gasteiger partial charge < -0.3 is 38.5 Å². The molecule has 0 fully saturated rings. The highest BCUT2D eigenvalue weighted by molar-refractivity contribution is 5.91. The summed E-state index contributed by atoms with van der Waals surface area (Å²) in [6.45, 7) is 11.3. The molecule has 0 aliphatic heterocycles. The number of rotatable bonds is 38. The van der Waals surface area contributed by atoms with Gasteiger partial charge in [0.25, 0.3) is 0 Å². The van der Waals surface area contributed by atoms with Gasteiger partial charge in [-0.1, -0.05) is 341 Å². The molecule has 0 aliphatic carbocycles. The van der Waals surface area contributed by atoms with Crippen LogP contribution in [-0.4, -0.2) is 26.4 Å². The molecule has 0 bridgehead atoms. The minimum Gasteiger partial charge on any atom is -0.494 e. The minimum absolute atomic E-state index is 0.505. The van der Waals surface area contributed by atoms with E-state index in [1.165, 1.54) is 11.1 Å². The van der Waals surface area contributed by atoms with Gasteiger partial charge in [-0.05, 0) is 307 Å². The quantitative estimate of drug-likeness (QED) is 0.0355. The zero-order valence-corrected chi connectivity index (χ0v) is 76.2. The smallest absolute Gasteiger partial charge is 0.119 e. The molecule has 0 saturated carbocycles. The van der Waals surface area contributed by atoms with Crippen LogP contribution in [0.2, 0.25) is 0 Å². The molecule has 0 aliphatic rings. The summed E-state index contributed by atoms with van der Waals surface area (Å²) >= 11 is 0. The van der Waals surface area contributed by atoms with Crippen molar-refractivity contribution < 1.29 is 18.9 Å². The molecular weight excluding hydrogens is 1660 g/mol. The molecule has 0 atom stereocenters. The van der Waals surface area contributed by atoms with Crippen molar-refractivity contribution in [3.05, 3.63) is 521 Å². The van der Waals surface area contributed by atoms with Crippen molar-refractivity contribution >= 4 is 80.4 Å². The first-order chi connectivity index (χ1) is 67.3. The van der Waals surface area contributed by atoms with Crippen LogP contribution in [0.25, 0.3) is 101 Å². The van der Waals surface area contributed by atoms with Crippen molar-refractivity contribution in [3.8, 4) is 101 Å². The van der Waals surface area contributed by atoms with E-state index >= 15 is 0 Å². The first-order valence-electron chi connectivity index (χ1n) is 46.9. The Morgan fingerprint density at radius 1 is 0.176 bits per heavy atom. The Labute approximate surface area is 800 Å². The average Bonchev–Trinajstić information content (AvgIpc) is 0.772. The third-order valence-corrected chi connectivity index (χ3v) is 24.9. The van der Waals surface area contributed by atoms with E-state index in [2.05, 4.69) is 470 Å². The molecule has 0 heterocycles. The predicted octanol–water partition coefficient (Wildman–Crippen LogP) is 34.9. The van der Waals surface area contributed by atoms with E-state index in [0.717, 1.165) is 206 Å². The molecule has 0 saturated heterocycles. The number of nitrogens with zero attached hydrogens (tertiary/aromatic N) is 4. The lowest BCUT2D eigenvalue weighted by Gasteiger charge is -2.27. The van der Waals surface area contributed by atoms with Crippen LogP contribution in [0, 0.1) is 0 Å². The molecule has 19 aromatic rings. The van der Waals surface area contributed by atoms with Crippen molar-refractivity contribution in [3.63, 3.8) is 0 Å². The Hall–Kier alpha value is -16.6. The third-order valence-electron chi connectivity index (χ3n) is 24.9. The van der Waals surface area contributed by atoms with Crippen LogP contribution in [0.4, 0.5) is 68.2 Å². The fourth-order valence-corrected chi connectivity index (χ4v) is 17.6. The van der Waals surface area contributed by atoms with E-state index in [1.807, 2.05) is 60.7 Å². The molecule has 8 nitrogen and oxygen atoms in total. The van der Waals surface area contributed by atoms with E-state index in [1.54, 1.807) is 0 Å². The topological polar surface area (TPSA) is 49.9 Å². The Kier molecular flexibility index (Phi) is 28.4. The predicted molar refractivity (Wildman–Crippen MR) is 570 cm³/mol. The summed E-state index contributed by atoms with van der Waals surface area (Å²) in [7, 11) is 0. The van der Waals surface area contributed by atoms with Gasteiger partial charge in [0.05, 0.1) is 26.4 Å². The summed E-state index contributed by atoms with van der Waals surface area (Å²) < 4.78 is 24.7. The van der Waals surface area contributed by atoms with Gasteiger partial charge in [-0.25, -0.2) is 0 Å². The highest BCUT2D eigenvalue weighted by Crippen LogP contribution is 2.45. The number of para-hydroxylation sites is 4. The van der Waals surface area contributed by atoms with Gasteiger partial charge in [0.15, 0.2) is 0 Å². The second kappa shape index (κ2) is 43.6. The summed E-state index contributed by atoms with van der Waals surface area (Å²) in [5, 5.41) is 0. The number of unbranched alkanes of at least 4 members (excludes halogenated alkanes) is 2. The van der Waals surface area contributed by atoms with Crippen LogP contribution < -0.4 is 29.1 Å². The Morgan fingerprint density at radius 3 is 0.632 bits per heavy atom. The van der Waals surface area contributed by atoms with Gasteiger partial charge in [-0.3, -0.25) is 0 Å². The maximum Gasteiger partial charge on any atom is 0.119 e. The molecule has 0 amide bonds. The molecular formula is C128H106N4O4. The maximum atomic E-state index is 6.30. The molecule has 136 heavy (non-hydrogen) atoms. The van der Waals surface area contributed by atoms with E-state index in [-0.39, 0.29) is 0 Å². The molecule has 19 rings (SSSR count). The Bertz CT molecular complexity index is 6560. The van der Waals surface area contributed by atoms with E-state index in [0.29, 0.717) is 39.6 Å². The van der Waals surface area contributed by atoms with Crippen LogP contribution in [0.1, 0.15) is 47.9 Å². The van der Waals surface area contributed by atoms with Gasteiger partial charge in [-0.15, -0.1) is 0 Å². The Morgan fingerprint density at radius 2 is 0.382 bits per heavy atom. The molecule has 19 aromatic carbocycles. The van der Waals surface area contributed by atoms with Crippen LogP contribution in [-0.2, 0) is 22.7 Å². The van der Waals surface area contributed by atoms with Gasteiger partial charge in [-0.2, -0.15) is 0 Å². The lowest BCUT2D eigenvalue weighted by atomic mass is 9.93. The van der Waals surface area contributed by atoms with Crippen LogP contribution in [0.5, 0.6) is 11.5 Å². The lowest BCUT2D eigenvalue weighted by Crippen LogP contribution is -2.10. The summed E-state index contributed by atoms with van der Waals surface area (Å²) in [5.74, 6) is 1.73. The highest BCUT2D eigenvalue weighted by atomic mass is 16.5. The second-order valence-corrected chi connectivity index (χ2v) is 33.9. The minimum atomic E-state index is 0.505. The molecule has 8 heteroatoms. The molecule has 0 unspecified atom stereocenters. The summed E-state index contributed by atoms with van der Waals surface area (Å²) in [6.07, 6.45) is 7.25. The maximum absolute atomic E-state index is 6.30. The fourth-order valence-electron chi connectivity index (χ4n) is 17.6. The van der Waals surface area contributed by atoms with Crippen LogP contribution in [0.3, 0.4) is 0 Å². The lowest BCUT2D eigenvalue weighted by molar-refractivity contribution is 0.113. The van der Waals surface area contributed by atoms with Gasteiger partial charge in [0.1, 0.15) is 11.5 Å². The third kappa shape index (κ3) is 21.7. The number of hydrogen-bond acceptors (Lipinski definition) is 8. The number of ether oxygens (including phenoxy) is 4. The first-order valence-corrected chi connectivity index (χ1v) is 46.9. The SMILES string of the molecule is C=Cc1ccc(OCCCCOCc2ccc(N(c3ccc(-c4ccc(-c5ccc(-c6ccc(N(c7ccccc7)c7ccccc7)cc6)cc5)cc4)cc3)c3cccc(-c4ccccc4-c4cccc(N(c5ccc(COCCCCOc6ccc(C=C)cc6)cc5)c5ccc(-c6ccc(-c7ccc(-c8ccc(N(c9ccccc9)c9ccccc9)cc8)cc7)cc6)cc5)c4)c3)cc2)cc1. The molecule has 0 radical (unpaired) electrons. The van der Waals surface area contributed by atoms with Crippen molar-refractivity contribution in [2.75, 3.05) is 46.0 Å². The van der Waals surface area contributed by atoms with E-state index in [9.17, 15) is 0 Å². The van der Waals surface area contributed by atoms with Gasteiger partial charge in [0.2, 0.25) is 0 Å². The standard InChI is InChI=1S/C128H106N4O4/c1-3-95-43-83-125(84-44-95)135-89-21-19-87-133-93-97-39-71-117(72-40-97)131(121-79-67-109(68-80-121)105-59-51-101(52-60-105)99-47-55-103(56-48-99)107-63-75-119(76-64-107)129(113-27-9-5-10-28-113)114-29-11-6-12-30-114)123-35-23-25-111(91-123)127-37-17-18-38-128(127)112-26-24-36-124(92-112)132(118-73-41-98(42-74-118)94-134-88-20-22-90-136-126-85-45-96(4-2)46-86-126)122-81-69-110(70-82-122)106-61-53-102(54-62-106)100-49-57-104(58-50-100)108-65-77-120(78-66-108)130(115-31-13-7-14-32-115)116-33-15-8-16-34-116/h3-18,23-86,91-92H,1-2,19-22,87-90,93-94H2. The normalized spacial score (nSPS) is 11.1. The largest absolute Gasteiger partial charge is 0.494 e. The van der Waals surface area contributed by atoms with E-state index in [4.69, 9.17) is 18.9 Å². The number of hydrogen-bond donors (Lipinski definition) is 0. The highest BCUT2D eigenvalue weighted by Gasteiger charge is 2.22. The van der Waals surface area contributed by atoms with E-state index < -0.39 is 0 Å². The fraction of sp³-hybridized carbons (Fsp3) is 0.0781. The summed E-state index contributed by atoms with van der Waals surface area (Å²) in [5.41, 5.74) is 35.4. The van der Waals surface area contributed by atoms with Crippen molar-refractivity contribution in [2.24, 2.45) is 0 Å². The molecule has 0 aromatic heterocycles. The first kappa shape index (κ1) is 88.6. The zero-order chi connectivity index (χ0) is 91.8. The molecule has 0 N–H and O–H groups in total. The van der Waals surface area contributed by atoms with Crippen molar-refractivity contribution in [2.45, 2.75) is 38.9 Å². The van der Waals surface area contributed by atoms with Crippen molar-refractivity contribution in [1.82, 2.24) is 0 Å². The molecule has 662 valence electrons. The number of anilines is 12. The van der Waals surface area contributed by atoms with Gasteiger partial charge >= 0.3 is 0 Å². The monoisotopic (exact) mass is 1760 g/mol. The molecule has 0 spiro atoms. The number of benzene rings is 19. The zero-order valence-electron chi connectivity index (χ0n) is 76.2. The summed E-state index contributed by atoms with van der Waals surface area (Å²) in [4.78, 5) is 9.31.